The molecule has 0 atom stereocenters. The highest BCUT2D eigenvalue weighted by Gasteiger charge is 2.21. The lowest BCUT2D eigenvalue weighted by Gasteiger charge is -2.23. The second kappa shape index (κ2) is 8.25. The highest BCUT2D eigenvalue weighted by molar-refractivity contribution is 5.84. The van der Waals surface area contributed by atoms with Crippen LogP contribution in [0.1, 0.15) is 12.8 Å². The maximum atomic E-state index is 5.60. The van der Waals surface area contributed by atoms with Crippen LogP contribution < -0.4 is 19.5 Å². The van der Waals surface area contributed by atoms with Crippen LogP contribution in [0.25, 0.3) is 28.2 Å². The molecule has 6 rings (SSSR count). The molecule has 0 saturated carbocycles. The van der Waals surface area contributed by atoms with Gasteiger partial charge in [-0.05, 0) is 49.2 Å². The van der Waals surface area contributed by atoms with Crippen molar-refractivity contribution in [3.63, 3.8) is 0 Å². The van der Waals surface area contributed by atoms with Crippen molar-refractivity contribution >= 4 is 17.0 Å². The zero-order chi connectivity index (χ0) is 22.2. The smallest absolute Gasteiger partial charge is 0.231 e. The normalized spacial score (nSPS) is 15.7. The minimum absolute atomic E-state index is 0.222. The summed E-state index contributed by atoms with van der Waals surface area (Å²) in [5.74, 6) is 4.22. The van der Waals surface area contributed by atoms with Crippen molar-refractivity contribution in [3.05, 3.63) is 48.7 Å². The van der Waals surface area contributed by atoms with Crippen molar-refractivity contribution in [2.24, 2.45) is 0 Å². The SMILES string of the molecule is COc1ccc2nc(-c3ccc4c(c3)OCO4)n(-c3ccnc(NC4CCOCC4)n3)c2c1. The van der Waals surface area contributed by atoms with Crippen molar-refractivity contribution in [2.45, 2.75) is 18.9 Å². The first-order chi connectivity index (χ1) is 16.3. The van der Waals surface area contributed by atoms with E-state index in [1.165, 1.54) is 0 Å². The molecule has 1 saturated heterocycles. The Morgan fingerprint density at radius 3 is 2.76 bits per heavy atom. The van der Waals surface area contributed by atoms with Crippen LogP contribution in [0.15, 0.2) is 48.7 Å². The van der Waals surface area contributed by atoms with Gasteiger partial charge in [-0.1, -0.05) is 0 Å². The Morgan fingerprint density at radius 2 is 1.88 bits per heavy atom. The van der Waals surface area contributed by atoms with Crippen molar-refractivity contribution in [1.29, 1.82) is 0 Å². The fraction of sp³-hybridized carbons (Fsp3) is 0.292. The number of imidazole rings is 1. The Bertz CT molecular complexity index is 1320. The lowest BCUT2D eigenvalue weighted by Crippen LogP contribution is -2.28. The van der Waals surface area contributed by atoms with E-state index in [2.05, 4.69) is 10.3 Å². The number of ether oxygens (including phenoxy) is 4. The highest BCUT2D eigenvalue weighted by Crippen LogP contribution is 2.37. The summed E-state index contributed by atoms with van der Waals surface area (Å²) >= 11 is 0. The Labute approximate surface area is 190 Å². The molecule has 0 amide bonds. The van der Waals surface area contributed by atoms with Crippen LogP contribution in [-0.2, 0) is 4.74 Å². The molecular formula is C24H23N5O4. The summed E-state index contributed by atoms with van der Waals surface area (Å²) in [6.07, 6.45) is 3.63. The van der Waals surface area contributed by atoms with Gasteiger partial charge in [-0.25, -0.2) is 9.97 Å². The third-order valence-electron chi connectivity index (χ3n) is 5.92. The van der Waals surface area contributed by atoms with Crippen LogP contribution in [0, 0.1) is 0 Å². The average Bonchev–Trinajstić information content (AvgIpc) is 3.48. The third kappa shape index (κ3) is 3.70. The maximum absolute atomic E-state index is 5.60. The number of aromatic nitrogens is 4. The molecule has 0 radical (unpaired) electrons. The molecule has 0 unspecified atom stereocenters. The summed E-state index contributed by atoms with van der Waals surface area (Å²) in [5, 5.41) is 3.45. The molecular weight excluding hydrogens is 422 g/mol. The second-order valence-electron chi connectivity index (χ2n) is 7.96. The molecule has 4 heterocycles. The van der Waals surface area contributed by atoms with Crippen molar-refractivity contribution < 1.29 is 18.9 Å². The standard InChI is InChI=1S/C24H23N5O4/c1-30-17-3-4-18-19(13-17)29(23(27-18)15-2-5-20-21(12-15)33-14-32-20)22-6-9-25-24(28-22)26-16-7-10-31-11-8-16/h2-6,9,12-13,16H,7-8,10-11,14H2,1H3,(H,25,26,28). The molecule has 9 nitrogen and oxygen atoms in total. The fourth-order valence-corrected chi connectivity index (χ4v) is 4.21. The van der Waals surface area contributed by atoms with Gasteiger partial charge in [0.05, 0.1) is 18.1 Å². The zero-order valence-electron chi connectivity index (χ0n) is 18.2. The number of anilines is 1. The lowest BCUT2D eigenvalue weighted by atomic mass is 10.1. The molecule has 0 bridgehead atoms. The number of nitrogens with zero attached hydrogens (tertiary/aromatic N) is 4. The second-order valence-corrected chi connectivity index (χ2v) is 7.96. The van der Waals surface area contributed by atoms with E-state index in [0.717, 1.165) is 60.0 Å². The summed E-state index contributed by atoms with van der Waals surface area (Å²) in [5.41, 5.74) is 2.62. The van der Waals surface area contributed by atoms with Gasteiger partial charge in [-0.3, -0.25) is 4.57 Å². The first-order valence-electron chi connectivity index (χ1n) is 10.9. The number of rotatable bonds is 5. The van der Waals surface area contributed by atoms with Gasteiger partial charge in [0, 0.05) is 37.1 Å². The number of hydrogen-bond acceptors (Lipinski definition) is 8. The molecule has 0 spiro atoms. The van der Waals surface area contributed by atoms with E-state index in [4.69, 9.17) is 28.9 Å². The molecule has 2 aliphatic heterocycles. The zero-order valence-corrected chi connectivity index (χ0v) is 18.2. The van der Waals surface area contributed by atoms with Gasteiger partial charge in [0.1, 0.15) is 17.4 Å². The van der Waals surface area contributed by atoms with E-state index in [-0.39, 0.29) is 6.79 Å². The Morgan fingerprint density at radius 1 is 1.00 bits per heavy atom. The molecule has 9 heteroatoms. The van der Waals surface area contributed by atoms with E-state index < -0.39 is 0 Å². The molecule has 2 aliphatic rings. The Hall–Kier alpha value is -3.85. The maximum Gasteiger partial charge on any atom is 0.231 e. The van der Waals surface area contributed by atoms with Crippen molar-refractivity contribution in [2.75, 3.05) is 32.4 Å². The predicted octanol–water partition coefficient (Wildman–Crippen LogP) is 3.81. The van der Waals surface area contributed by atoms with Gasteiger partial charge < -0.3 is 24.3 Å². The molecule has 2 aromatic carbocycles. The quantitative estimate of drug-likeness (QED) is 0.496. The minimum Gasteiger partial charge on any atom is -0.497 e. The van der Waals surface area contributed by atoms with Crippen LogP contribution in [0.2, 0.25) is 0 Å². The van der Waals surface area contributed by atoms with Gasteiger partial charge in [0.2, 0.25) is 12.7 Å². The van der Waals surface area contributed by atoms with Crippen LogP contribution in [-0.4, -0.2) is 52.7 Å². The Balaban J connectivity index is 1.48. The largest absolute Gasteiger partial charge is 0.497 e. The third-order valence-corrected chi connectivity index (χ3v) is 5.92. The molecule has 168 valence electrons. The lowest BCUT2D eigenvalue weighted by molar-refractivity contribution is 0.0903. The molecule has 4 aromatic rings. The van der Waals surface area contributed by atoms with Crippen LogP contribution >= 0.6 is 0 Å². The van der Waals surface area contributed by atoms with Crippen LogP contribution in [0.4, 0.5) is 5.95 Å². The molecule has 1 fully saturated rings. The monoisotopic (exact) mass is 445 g/mol. The summed E-state index contributed by atoms with van der Waals surface area (Å²) in [6.45, 7) is 1.72. The molecule has 33 heavy (non-hydrogen) atoms. The van der Waals surface area contributed by atoms with E-state index >= 15 is 0 Å². The average molecular weight is 445 g/mol. The first kappa shape index (κ1) is 19.8. The number of benzene rings is 2. The van der Waals surface area contributed by atoms with Gasteiger partial charge in [-0.15, -0.1) is 0 Å². The topological polar surface area (TPSA) is 92.5 Å². The number of methoxy groups -OCH3 is 1. The predicted molar refractivity (Wildman–Crippen MR) is 122 cm³/mol. The summed E-state index contributed by atoms with van der Waals surface area (Å²) in [6, 6.07) is 13.8. The van der Waals surface area contributed by atoms with Crippen LogP contribution in [0.3, 0.4) is 0 Å². The first-order valence-corrected chi connectivity index (χ1v) is 10.9. The van der Waals surface area contributed by atoms with Gasteiger partial charge in [0.15, 0.2) is 11.5 Å². The number of fused-ring (bicyclic) bond motifs is 2. The number of hydrogen-bond donors (Lipinski definition) is 1. The van der Waals surface area contributed by atoms with Gasteiger partial charge >= 0.3 is 0 Å². The van der Waals surface area contributed by atoms with E-state index in [0.29, 0.717) is 23.6 Å². The van der Waals surface area contributed by atoms with Crippen molar-refractivity contribution in [1.82, 2.24) is 19.5 Å². The summed E-state index contributed by atoms with van der Waals surface area (Å²) < 4.78 is 24.0. The molecule has 0 aliphatic carbocycles. The van der Waals surface area contributed by atoms with E-state index in [1.807, 2.05) is 47.0 Å². The van der Waals surface area contributed by atoms with Gasteiger partial charge in [-0.2, -0.15) is 4.98 Å². The highest BCUT2D eigenvalue weighted by atomic mass is 16.7. The number of nitrogens with one attached hydrogen (secondary N) is 1. The fourth-order valence-electron chi connectivity index (χ4n) is 4.21. The van der Waals surface area contributed by atoms with Gasteiger partial charge in [0.25, 0.3) is 0 Å². The summed E-state index contributed by atoms with van der Waals surface area (Å²) in [7, 11) is 1.65. The molecule has 2 aromatic heterocycles. The summed E-state index contributed by atoms with van der Waals surface area (Å²) in [4.78, 5) is 14.2. The van der Waals surface area contributed by atoms with E-state index in [1.54, 1.807) is 13.3 Å². The van der Waals surface area contributed by atoms with E-state index in [9.17, 15) is 0 Å². The molecule has 1 N–H and O–H groups in total. The van der Waals surface area contributed by atoms with Crippen molar-refractivity contribution in [3.8, 4) is 34.5 Å². The van der Waals surface area contributed by atoms with Crippen LogP contribution in [0.5, 0.6) is 17.2 Å². The minimum atomic E-state index is 0.222. The Kier molecular flexibility index (Phi) is 4.95.